The van der Waals surface area contributed by atoms with Gasteiger partial charge in [-0.3, -0.25) is 0 Å². The van der Waals surface area contributed by atoms with Crippen LogP contribution >= 0.6 is 11.6 Å². The summed E-state index contributed by atoms with van der Waals surface area (Å²) < 4.78 is 0. The molecular weight excluding hydrogens is 294 g/mol. The highest BCUT2D eigenvalue weighted by Gasteiger charge is 2.05. The molecule has 0 fully saturated rings. The van der Waals surface area contributed by atoms with Gasteiger partial charge in [0.25, 0.3) is 0 Å². The maximum Gasteiger partial charge on any atom is 0.224 e. The lowest BCUT2D eigenvalue weighted by Gasteiger charge is -2.09. The predicted molar refractivity (Wildman–Crippen MR) is 91.0 cm³/mol. The number of halogens is 1. The van der Waals surface area contributed by atoms with Crippen molar-refractivity contribution in [3.63, 3.8) is 0 Å². The van der Waals surface area contributed by atoms with Crippen molar-refractivity contribution in [2.75, 3.05) is 5.32 Å². The number of benzene rings is 2. The first kappa shape index (κ1) is 14.5. The molecule has 0 aliphatic rings. The number of rotatable bonds is 4. The molecule has 2 aromatic carbocycles. The summed E-state index contributed by atoms with van der Waals surface area (Å²) in [4.78, 5) is 8.53. The molecule has 0 radical (unpaired) electrons. The largest absolute Gasteiger partial charge is 0.366 e. The van der Waals surface area contributed by atoms with E-state index < -0.39 is 0 Å². The fourth-order valence-corrected chi connectivity index (χ4v) is 2.46. The molecule has 22 heavy (non-hydrogen) atoms. The lowest BCUT2D eigenvalue weighted by molar-refractivity contribution is 1.08. The minimum atomic E-state index is 0.244. The van der Waals surface area contributed by atoms with E-state index in [2.05, 4.69) is 46.5 Å². The Labute approximate surface area is 135 Å². The Hall–Kier alpha value is -2.39. The summed E-state index contributed by atoms with van der Waals surface area (Å²) in [6.07, 6.45) is 0. The Morgan fingerprint density at radius 1 is 0.955 bits per heavy atom. The van der Waals surface area contributed by atoms with Gasteiger partial charge in [-0.2, -0.15) is 0 Å². The van der Waals surface area contributed by atoms with Crippen LogP contribution in [0.5, 0.6) is 0 Å². The van der Waals surface area contributed by atoms with E-state index in [1.807, 2.05) is 36.4 Å². The molecule has 3 rings (SSSR count). The Balaban J connectivity index is 1.81. The van der Waals surface area contributed by atoms with Crippen molar-refractivity contribution < 1.29 is 0 Å². The van der Waals surface area contributed by atoms with Crippen LogP contribution in [0.25, 0.3) is 11.3 Å². The summed E-state index contributed by atoms with van der Waals surface area (Å²) in [6, 6.07) is 20.2. The lowest BCUT2D eigenvalue weighted by atomic mass is 10.1. The SMILES string of the molecule is Cc1cccc(CNc2cc(-c3ccccc3)nc(Cl)n2)c1. The standard InChI is InChI=1S/C18H16ClN3/c1-13-6-5-7-14(10-13)12-20-17-11-16(21-18(19)22-17)15-8-3-2-4-9-15/h2-11H,12H2,1H3,(H,20,21,22). The molecular formula is C18H16ClN3. The Morgan fingerprint density at radius 3 is 2.55 bits per heavy atom. The maximum atomic E-state index is 6.04. The van der Waals surface area contributed by atoms with Gasteiger partial charge in [0.1, 0.15) is 5.82 Å². The molecule has 3 nitrogen and oxygen atoms in total. The van der Waals surface area contributed by atoms with Crippen LogP contribution in [-0.4, -0.2) is 9.97 Å². The number of anilines is 1. The third-order valence-corrected chi connectivity index (χ3v) is 3.49. The van der Waals surface area contributed by atoms with Gasteiger partial charge < -0.3 is 5.32 Å². The summed E-state index contributed by atoms with van der Waals surface area (Å²) >= 11 is 6.04. The smallest absolute Gasteiger partial charge is 0.224 e. The van der Waals surface area contributed by atoms with Gasteiger partial charge in [-0.05, 0) is 24.1 Å². The van der Waals surface area contributed by atoms with E-state index in [1.165, 1.54) is 11.1 Å². The van der Waals surface area contributed by atoms with E-state index in [9.17, 15) is 0 Å². The molecule has 4 heteroatoms. The molecule has 0 saturated heterocycles. The predicted octanol–water partition coefficient (Wildman–Crippen LogP) is 4.72. The first-order chi connectivity index (χ1) is 10.7. The zero-order chi connectivity index (χ0) is 15.4. The second kappa shape index (κ2) is 6.58. The van der Waals surface area contributed by atoms with E-state index in [4.69, 9.17) is 11.6 Å². The summed E-state index contributed by atoms with van der Waals surface area (Å²) in [6.45, 7) is 2.78. The van der Waals surface area contributed by atoms with Crippen molar-refractivity contribution in [1.82, 2.24) is 9.97 Å². The first-order valence-electron chi connectivity index (χ1n) is 7.10. The van der Waals surface area contributed by atoms with Crippen LogP contribution in [0.1, 0.15) is 11.1 Å². The molecule has 0 unspecified atom stereocenters. The molecule has 0 atom stereocenters. The molecule has 0 aliphatic heterocycles. The second-order valence-electron chi connectivity index (χ2n) is 5.12. The van der Waals surface area contributed by atoms with E-state index in [0.717, 1.165) is 17.1 Å². The Bertz CT molecular complexity index is 772. The van der Waals surface area contributed by atoms with Crippen molar-refractivity contribution in [3.05, 3.63) is 77.1 Å². The minimum absolute atomic E-state index is 0.244. The van der Waals surface area contributed by atoms with Gasteiger partial charge in [-0.1, -0.05) is 60.2 Å². The molecule has 0 bridgehead atoms. The molecule has 0 saturated carbocycles. The number of nitrogens with one attached hydrogen (secondary N) is 1. The van der Waals surface area contributed by atoms with Gasteiger partial charge in [0.05, 0.1) is 5.69 Å². The van der Waals surface area contributed by atoms with Crippen molar-refractivity contribution in [3.8, 4) is 11.3 Å². The number of hydrogen-bond donors (Lipinski definition) is 1. The van der Waals surface area contributed by atoms with Crippen LogP contribution in [0.15, 0.2) is 60.7 Å². The topological polar surface area (TPSA) is 37.8 Å². The van der Waals surface area contributed by atoms with Gasteiger partial charge >= 0.3 is 0 Å². The van der Waals surface area contributed by atoms with E-state index in [0.29, 0.717) is 6.54 Å². The van der Waals surface area contributed by atoms with Gasteiger partial charge in [0.15, 0.2) is 0 Å². The molecule has 0 amide bonds. The maximum absolute atomic E-state index is 6.04. The van der Waals surface area contributed by atoms with Crippen LogP contribution in [-0.2, 0) is 6.54 Å². The molecule has 1 N–H and O–H groups in total. The first-order valence-corrected chi connectivity index (χ1v) is 7.48. The molecule has 110 valence electrons. The number of nitrogens with zero attached hydrogens (tertiary/aromatic N) is 2. The number of aryl methyl sites for hydroxylation is 1. The molecule has 3 aromatic rings. The van der Waals surface area contributed by atoms with Crippen LogP contribution in [0, 0.1) is 6.92 Å². The summed E-state index contributed by atoms with van der Waals surface area (Å²) in [7, 11) is 0. The van der Waals surface area contributed by atoms with Gasteiger partial charge in [0.2, 0.25) is 5.28 Å². The summed E-state index contributed by atoms with van der Waals surface area (Å²) in [5.74, 6) is 0.723. The minimum Gasteiger partial charge on any atom is -0.366 e. The summed E-state index contributed by atoms with van der Waals surface area (Å²) in [5, 5.41) is 3.55. The second-order valence-corrected chi connectivity index (χ2v) is 5.45. The van der Waals surface area contributed by atoms with Gasteiger partial charge in [0, 0.05) is 18.2 Å². The van der Waals surface area contributed by atoms with Crippen molar-refractivity contribution in [2.24, 2.45) is 0 Å². The quantitative estimate of drug-likeness (QED) is 0.709. The Morgan fingerprint density at radius 2 is 1.77 bits per heavy atom. The normalized spacial score (nSPS) is 10.5. The number of aromatic nitrogens is 2. The zero-order valence-corrected chi connectivity index (χ0v) is 13.0. The molecule has 0 spiro atoms. The van der Waals surface area contributed by atoms with Crippen LogP contribution in [0.4, 0.5) is 5.82 Å². The Kier molecular flexibility index (Phi) is 4.35. The third-order valence-electron chi connectivity index (χ3n) is 3.32. The van der Waals surface area contributed by atoms with Crippen molar-refractivity contribution >= 4 is 17.4 Å². The highest BCUT2D eigenvalue weighted by Crippen LogP contribution is 2.21. The molecule has 1 heterocycles. The fraction of sp³-hybridized carbons (Fsp3) is 0.111. The average Bonchev–Trinajstić information content (AvgIpc) is 2.53. The average molecular weight is 310 g/mol. The van der Waals surface area contributed by atoms with E-state index in [1.54, 1.807) is 0 Å². The fourth-order valence-electron chi connectivity index (χ4n) is 2.28. The lowest BCUT2D eigenvalue weighted by Crippen LogP contribution is -2.03. The number of hydrogen-bond acceptors (Lipinski definition) is 3. The van der Waals surface area contributed by atoms with E-state index in [-0.39, 0.29) is 5.28 Å². The van der Waals surface area contributed by atoms with Crippen LogP contribution in [0.3, 0.4) is 0 Å². The zero-order valence-electron chi connectivity index (χ0n) is 12.3. The van der Waals surface area contributed by atoms with Crippen molar-refractivity contribution in [1.29, 1.82) is 0 Å². The van der Waals surface area contributed by atoms with Crippen LogP contribution < -0.4 is 5.32 Å². The summed E-state index contributed by atoms with van der Waals surface area (Å²) in [5.41, 5.74) is 4.28. The van der Waals surface area contributed by atoms with Crippen molar-refractivity contribution in [2.45, 2.75) is 13.5 Å². The molecule has 0 aliphatic carbocycles. The molecule has 1 aromatic heterocycles. The van der Waals surface area contributed by atoms with Gasteiger partial charge in [-0.25, -0.2) is 9.97 Å². The highest BCUT2D eigenvalue weighted by atomic mass is 35.5. The van der Waals surface area contributed by atoms with Gasteiger partial charge in [-0.15, -0.1) is 0 Å². The third kappa shape index (κ3) is 3.62. The monoisotopic (exact) mass is 309 g/mol. The van der Waals surface area contributed by atoms with Crippen LogP contribution in [0.2, 0.25) is 5.28 Å². The van der Waals surface area contributed by atoms with E-state index >= 15 is 0 Å². The highest BCUT2D eigenvalue weighted by molar-refractivity contribution is 6.28.